The lowest BCUT2D eigenvalue weighted by molar-refractivity contribution is 0.101. The minimum atomic E-state index is -0.00824. The van der Waals surface area contributed by atoms with Gasteiger partial charge in [0.05, 0.1) is 16.9 Å². The number of benzene rings is 3. The van der Waals surface area contributed by atoms with Gasteiger partial charge < -0.3 is 5.32 Å². The van der Waals surface area contributed by atoms with Gasteiger partial charge >= 0.3 is 0 Å². The van der Waals surface area contributed by atoms with Crippen LogP contribution in [-0.4, -0.2) is 15.8 Å². The number of Topliss-reactive ketones (excluding diaryl/α,β-unsaturated/α-hetero) is 1. The Labute approximate surface area is 165 Å². The van der Waals surface area contributed by atoms with Crippen molar-refractivity contribution in [3.63, 3.8) is 0 Å². The lowest BCUT2D eigenvalue weighted by Crippen LogP contribution is -2.04. The molecule has 0 saturated heterocycles. The van der Waals surface area contributed by atoms with Crippen molar-refractivity contribution in [2.24, 2.45) is 0 Å². The molecule has 0 spiro atoms. The minimum absolute atomic E-state index is 0.00824. The predicted molar refractivity (Wildman–Crippen MR) is 112 cm³/mol. The fourth-order valence-corrected chi connectivity index (χ4v) is 3.35. The molecule has 1 N–H and O–H groups in total. The maximum absolute atomic E-state index is 11.9. The van der Waals surface area contributed by atoms with Crippen LogP contribution in [0.3, 0.4) is 0 Å². The van der Waals surface area contributed by atoms with Gasteiger partial charge in [0.25, 0.3) is 0 Å². The minimum Gasteiger partial charge on any atom is -0.323 e. The van der Waals surface area contributed by atoms with E-state index in [1.165, 1.54) is 0 Å². The first-order valence-corrected chi connectivity index (χ1v) is 9.31. The number of para-hydroxylation sites is 1. The third-order valence-corrected chi connectivity index (χ3v) is 4.75. The third-order valence-electron chi connectivity index (χ3n) is 4.26. The maximum Gasteiger partial charge on any atom is 0.228 e. The van der Waals surface area contributed by atoms with Gasteiger partial charge in [-0.15, -0.1) is 0 Å². The number of nitrogens with one attached hydrogen (secondary N) is 1. The molecule has 5 heteroatoms. The number of hydrogen-bond donors (Lipinski definition) is 1. The topological polar surface area (TPSA) is 54.9 Å². The van der Waals surface area contributed by atoms with Crippen LogP contribution in [-0.2, 0) is 0 Å². The second-order valence-electron chi connectivity index (χ2n) is 6.15. The molecule has 0 atom stereocenters. The first-order chi connectivity index (χ1) is 13.1. The van der Waals surface area contributed by atoms with Crippen molar-refractivity contribution in [1.82, 2.24) is 9.97 Å². The molecule has 4 aromatic rings. The van der Waals surface area contributed by atoms with Gasteiger partial charge in [-0.05, 0) is 37.3 Å². The van der Waals surface area contributed by atoms with Gasteiger partial charge in [0.2, 0.25) is 5.95 Å². The molecule has 132 valence electrons. The number of carbonyl (C=O) groups excluding carboxylic acids is 1. The molecule has 4 rings (SSSR count). The average Bonchev–Trinajstić information content (AvgIpc) is 2.68. The van der Waals surface area contributed by atoms with E-state index in [2.05, 4.69) is 26.2 Å². The fraction of sp³-hybridized carbons (Fsp3) is 0.0455. The molecule has 27 heavy (non-hydrogen) atoms. The van der Waals surface area contributed by atoms with Crippen LogP contribution >= 0.6 is 15.9 Å². The van der Waals surface area contributed by atoms with Gasteiger partial charge in [-0.1, -0.05) is 58.4 Å². The predicted octanol–water partition coefficient (Wildman–Crippen LogP) is 6.01. The number of anilines is 2. The molecule has 3 aromatic carbocycles. The highest BCUT2D eigenvalue weighted by molar-refractivity contribution is 9.10. The summed E-state index contributed by atoms with van der Waals surface area (Å²) < 4.78 is 0.971. The van der Waals surface area contributed by atoms with Crippen molar-refractivity contribution >= 4 is 44.3 Å². The summed E-state index contributed by atoms with van der Waals surface area (Å²) in [5, 5.41) is 4.18. The van der Waals surface area contributed by atoms with E-state index < -0.39 is 0 Å². The lowest BCUT2D eigenvalue weighted by Gasteiger charge is -2.12. The molecule has 0 radical (unpaired) electrons. The van der Waals surface area contributed by atoms with Crippen LogP contribution in [0.25, 0.3) is 22.2 Å². The highest BCUT2D eigenvalue weighted by atomic mass is 79.9. The van der Waals surface area contributed by atoms with E-state index in [9.17, 15) is 4.79 Å². The van der Waals surface area contributed by atoms with Crippen LogP contribution in [0.4, 0.5) is 11.6 Å². The van der Waals surface area contributed by atoms with Crippen molar-refractivity contribution in [2.75, 3.05) is 5.32 Å². The third kappa shape index (κ3) is 3.59. The van der Waals surface area contributed by atoms with Gasteiger partial charge in [-0.25, -0.2) is 9.97 Å². The number of fused-ring (bicyclic) bond motifs is 1. The molecule has 0 fully saturated rings. The number of ketones is 1. The smallest absolute Gasteiger partial charge is 0.228 e. The van der Waals surface area contributed by atoms with Crippen molar-refractivity contribution in [2.45, 2.75) is 6.92 Å². The van der Waals surface area contributed by atoms with Gasteiger partial charge in [-0.3, -0.25) is 4.79 Å². The van der Waals surface area contributed by atoms with E-state index in [1.54, 1.807) is 13.0 Å². The number of hydrogen-bond acceptors (Lipinski definition) is 4. The summed E-state index contributed by atoms with van der Waals surface area (Å²) in [5.74, 6) is 0.448. The molecule has 1 heterocycles. The average molecular weight is 418 g/mol. The Morgan fingerprint density at radius 3 is 2.44 bits per heavy atom. The molecular weight excluding hydrogens is 402 g/mol. The zero-order valence-corrected chi connectivity index (χ0v) is 16.2. The normalized spacial score (nSPS) is 10.7. The maximum atomic E-state index is 11.9. The molecule has 1 aromatic heterocycles. The molecule has 0 aliphatic rings. The van der Waals surface area contributed by atoms with E-state index in [-0.39, 0.29) is 5.78 Å². The zero-order chi connectivity index (χ0) is 18.8. The van der Waals surface area contributed by atoms with Crippen molar-refractivity contribution in [1.29, 1.82) is 0 Å². The highest BCUT2D eigenvalue weighted by Gasteiger charge is 2.13. The van der Waals surface area contributed by atoms with E-state index in [1.807, 2.05) is 66.7 Å². The standard InChI is InChI=1S/C22H16BrN3O/c1-14(27)17-9-5-6-10-19(17)24-22-25-20-12-11-16(23)13-18(20)21(26-22)15-7-3-2-4-8-15/h2-13H,1H3,(H,24,25,26). The second kappa shape index (κ2) is 7.29. The summed E-state index contributed by atoms with van der Waals surface area (Å²) in [7, 11) is 0. The summed E-state index contributed by atoms with van der Waals surface area (Å²) in [6, 6.07) is 23.3. The van der Waals surface area contributed by atoms with Crippen LogP contribution in [0, 0.1) is 0 Å². The summed E-state index contributed by atoms with van der Waals surface area (Å²) in [6.45, 7) is 1.55. The van der Waals surface area contributed by atoms with E-state index >= 15 is 0 Å². The molecule has 0 aliphatic heterocycles. The number of nitrogens with zero attached hydrogens (tertiary/aromatic N) is 2. The Morgan fingerprint density at radius 1 is 0.926 bits per heavy atom. The van der Waals surface area contributed by atoms with Gasteiger partial charge in [0.1, 0.15) is 0 Å². The first kappa shape index (κ1) is 17.4. The molecule has 4 nitrogen and oxygen atoms in total. The van der Waals surface area contributed by atoms with Gasteiger partial charge in [-0.2, -0.15) is 0 Å². The van der Waals surface area contributed by atoms with Gasteiger partial charge in [0.15, 0.2) is 5.78 Å². The van der Waals surface area contributed by atoms with E-state index in [0.29, 0.717) is 17.2 Å². The van der Waals surface area contributed by atoms with Crippen LogP contribution < -0.4 is 5.32 Å². The Balaban J connectivity index is 1.88. The van der Waals surface area contributed by atoms with Crippen molar-refractivity contribution in [3.05, 3.63) is 82.8 Å². The van der Waals surface area contributed by atoms with E-state index in [4.69, 9.17) is 4.98 Å². The highest BCUT2D eigenvalue weighted by Crippen LogP contribution is 2.30. The summed E-state index contributed by atoms with van der Waals surface area (Å²) in [4.78, 5) is 21.3. The number of carbonyl (C=O) groups is 1. The number of rotatable bonds is 4. The Kier molecular flexibility index (Phi) is 4.69. The Bertz CT molecular complexity index is 1140. The zero-order valence-electron chi connectivity index (χ0n) is 14.6. The number of halogens is 1. The largest absolute Gasteiger partial charge is 0.323 e. The molecular formula is C22H16BrN3O. The lowest BCUT2D eigenvalue weighted by atomic mass is 10.1. The molecule has 0 unspecified atom stereocenters. The number of aromatic nitrogens is 2. The fourth-order valence-electron chi connectivity index (χ4n) is 2.99. The Hall–Kier alpha value is -3.05. The monoisotopic (exact) mass is 417 g/mol. The van der Waals surface area contributed by atoms with Crippen LogP contribution in [0.15, 0.2) is 77.3 Å². The molecule has 0 saturated carbocycles. The summed E-state index contributed by atoms with van der Waals surface area (Å²) >= 11 is 3.53. The summed E-state index contributed by atoms with van der Waals surface area (Å²) in [6.07, 6.45) is 0. The van der Waals surface area contributed by atoms with Gasteiger partial charge in [0, 0.05) is 21.0 Å². The quantitative estimate of drug-likeness (QED) is 0.413. The SMILES string of the molecule is CC(=O)c1ccccc1Nc1nc(-c2ccccc2)c2cc(Br)ccc2n1. The van der Waals surface area contributed by atoms with Crippen molar-refractivity contribution in [3.8, 4) is 11.3 Å². The van der Waals surface area contributed by atoms with Crippen LogP contribution in [0.5, 0.6) is 0 Å². The molecule has 0 aliphatic carbocycles. The summed E-state index contributed by atoms with van der Waals surface area (Å²) in [5.41, 5.74) is 3.98. The van der Waals surface area contributed by atoms with E-state index in [0.717, 1.165) is 26.6 Å². The van der Waals surface area contributed by atoms with Crippen LogP contribution in [0.2, 0.25) is 0 Å². The Morgan fingerprint density at radius 2 is 1.67 bits per heavy atom. The van der Waals surface area contributed by atoms with Crippen LogP contribution in [0.1, 0.15) is 17.3 Å². The van der Waals surface area contributed by atoms with Crippen molar-refractivity contribution < 1.29 is 4.79 Å². The second-order valence-corrected chi connectivity index (χ2v) is 7.07. The molecule has 0 bridgehead atoms. The first-order valence-electron chi connectivity index (χ1n) is 8.51. The molecule has 0 amide bonds.